The van der Waals surface area contributed by atoms with E-state index in [4.69, 9.17) is 0 Å². The van der Waals surface area contributed by atoms with Gasteiger partial charge in [0.05, 0.1) is 5.52 Å². The van der Waals surface area contributed by atoms with Crippen LogP contribution in [0.3, 0.4) is 0 Å². The summed E-state index contributed by atoms with van der Waals surface area (Å²) in [5.74, 6) is 0. The Kier molecular flexibility index (Phi) is 5.39. The van der Waals surface area contributed by atoms with Crippen molar-refractivity contribution in [1.29, 1.82) is 0 Å². The van der Waals surface area contributed by atoms with Crippen LogP contribution in [0.1, 0.15) is 17.5 Å². The van der Waals surface area contributed by atoms with Crippen LogP contribution in [0.25, 0.3) is 82.8 Å². The first-order chi connectivity index (χ1) is 21.3. The summed E-state index contributed by atoms with van der Waals surface area (Å²) in [6.45, 7) is 0. The number of rotatable bonds is 3. The van der Waals surface area contributed by atoms with Gasteiger partial charge in [0.25, 0.3) is 0 Å². The van der Waals surface area contributed by atoms with Crippen LogP contribution in [0.5, 0.6) is 0 Å². The quantitative estimate of drug-likeness (QED) is 0.212. The Morgan fingerprint density at radius 3 is 1.81 bits per heavy atom. The second-order valence-electron chi connectivity index (χ2n) is 11.7. The van der Waals surface area contributed by atoms with E-state index in [9.17, 15) is 0 Å². The summed E-state index contributed by atoms with van der Waals surface area (Å²) in [4.78, 5) is 3.73. The van der Waals surface area contributed by atoms with Gasteiger partial charge in [-0.2, -0.15) is 0 Å². The van der Waals surface area contributed by atoms with E-state index in [1.165, 1.54) is 87.9 Å². The van der Waals surface area contributed by atoms with Gasteiger partial charge in [-0.05, 0) is 91.5 Å². The molecule has 1 heterocycles. The van der Waals surface area contributed by atoms with Gasteiger partial charge < -0.3 is 4.98 Å². The van der Waals surface area contributed by atoms with Gasteiger partial charge in [0.15, 0.2) is 0 Å². The summed E-state index contributed by atoms with van der Waals surface area (Å²) in [6, 6.07) is 49.1. The molecule has 0 atom stereocenters. The molecule has 202 valence electrons. The molecule has 1 aromatic heterocycles. The van der Waals surface area contributed by atoms with Crippen LogP contribution in [0.2, 0.25) is 0 Å². The van der Waals surface area contributed by atoms with Crippen LogP contribution in [0.4, 0.5) is 0 Å². The standard InChI is InChI=1S/C42H29N/c1-2-12-28(13-3-1)40-33-17-6-8-19-35(33)41(36-20-9-7-18-34(36)40)31-15-10-14-29(25-31)30-22-24-39-38(26-30)37-23-21-27-11-4-5-16-32(27)42(37)43-39/h1-3,5-10,12-26,43H,4,11H2. The zero-order valence-electron chi connectivity index (χ0n) is 23.8. The molecule has 0 bridgehead atoms. The SMILES string of the molecule is C1=Cc2c(ccc3c2[nH]c2ccc(-c4cccc(-c5c6ccccc6c(-c6ccccc6)c6ccccc56)c4)cc23)CC1. The predicted octanol–water partition coefficient (Wildman–Crippen LogP) is 11.6. The van der Waals surface area contributed by atoms with E-state index in [2.05, 4.69) is 151 Å². The van der Waals surface area contributed by atoms with Gasteiger partial charge in [-0.15, -0.1) is 0 Å². The van der Waals surface area contributed by atoms with Crippen molar-refractivity contribution in [2.24, 2.45) is 0 Å². The minimum Gasteiger partial charge on any atom is -0.354 e. The lowest BCUT2D eigenvalue weighted by molar-refractivity contribution is 0.989. The summed E-state index contributed by atoms with van der Waals surface area (Å²) in [5.41, 5.74) is 12.8. The molecule has 0 saturated carbocycles. The van der Waals surface area contributed by atoms with E-state index >= 15 is 0 Å². The van der Waals surface area contributed by atoms with Crippen molar-refractivity contribution in [3.8, 4) is 33.4 Å². The third kappa shape index (κ3) is 3.78. The van der Waals surface area contributed by atoms with Crippen LogP contribution >= 0.6 is 0 Å². The number of hydrogen-bond donors (Lipinski definition) is 1. The molecule has 0 amide bonds. The maximum Gasteiger partial charge on any atom is 0.0541 e. The van der Waals surface area contributed by atoms with Crippen molar-refractivity contribution in [2.45, 2.75) is 12.8 Å². The Hall–Kier alpha value is -5.40. The summed E-state index contributed by atoms with van der Waals surface area (Å²) in [7, 11) is 0. The van der Waals surface area contributed by atoms with E-state index < -0.39 is 0 Å². The second-order valence-corrected chi connectivity index (χ2v) is 11.7. The average molecular weight is 548 g/mol. The third-order valence-corrected chi connectivity index (χ3v) is 9.25. The number of aryl methyl sites for hydroxylation is 1. The molecule has 1 N–H and O–H groups in total. The maximum absolute atomic E-state index is 3.73. The van der Waals surface area contributed by atoms with Crippen molar-refractivity contribution < 1.29 is 0 Å². The van der Waals surface area contributed by atoms with Crippen LogP contribution in [-0.4, -0.2) is 4.98 Å². The molecule has 8 aromatic rings. The normalized spacial score (nSPS) is 12.8. The minimum atomic E-state index is 1.12. The molecular formula is C42H29N. The Labute approximate surface area is 250 Å². The third-order valence-electron chi connectivity index (χ3n) is 9.25. The molecule has 1 aliphatic rings. The van der Waals surface area contributed by atoms with Crippen molar-refractivity contribution in [3.05, 3.63) is 151 Å². The van der Waals surface area contributed by atoms with Gasteiger partial charge >= 0.3 is 0 Å². The van der Waals surface area contributed by atoms with Gasteiger partial charge in [0.2, 0.25) is 0 Å². The lowest BCUT2D eigenvalue weighted by Crippen LogP contribution is -1.94. The zero-order valence-corrected chi connectivity index (χ0v) is 23.8. The maximum atomic E-state index is 3.73. The fourth-order valence-electron chi connectivity index (χ4n) is 7.27. The first-order valence-corrected chi connectivity index (χ1v) is 15.2. The predicted molar refractivity (Wildman–Crippen MR) is 184 cm³/mol. The Bertz CT molecular complexity index is 2330. The Morgan fingerprint density at radius 2 is 1.07 bits per heavy atom. The highest BCUT2D eigenvalue weighted by Gasteiger charge is 2.17. The number of benzene rings is 7. The van der Waals surface area contributed by atoms with Crippen LogP contribution in [0, 0.1) is 0 Å². The molecule has 1 heteroatoms. The molecule has 0 aliphatic heterocycles. The molecule has 0 spiro atoms. The van der Waals surface area contributed by atoms with Crippen molar-refractivity contribution in [3.63, 3.8) is 0 Å². The highest BCUT2D eigenvalue weighted by atomic mass is 14.7. The van der Waals surface area contributed by atoms with Crippen LogP contribution < -0.4 is 0 Å². The molecule has 9 rings (SSSR count). The highest BCUT2D eigenvalue weighted by Crippen LogP contribution is 2.44. The number of fused-ring (bicyclic) bond motifs is 7. The van der Waals surface area contributed by atoms with Gasteiger partial charge in [-0.25, -0.2) is 0 Å². The molecular weight excluding hydrogens is 518 g/mol. The summed E-state index contributed by atoms with van der Waals surface area (Å²) < 4.78 is 0. The summed E-state index contributed by atoms with van der Waals surface area (Å²) in [5, 5.41) is 7.70. The molecule has 1 nitrogen and oxygen atoms in total. The number of hydrogen-bond acceptors (Lipinski definition) is 0. The van der Waals surface area contributed by atoms with Crippen molar-refractivity contribution in [1.82, 2.24) is 4.98 Å². The minimum absolute atomic E-state index is 1.12. The number of aromatic amines is 1. The fourth-order valence-corrected chi connectivity index (χ4v) is 7.27. The van der Waals surface area contributed by atoms with E-state index in [1.807, 2.05) is 0 Å². The zero-order chi connectivity index (χ0) is 28.3. The molecule has 0 unspecified atom stereocenters. The molecule has 7 aromatic carbocycles. The van der Waals surface area contributed by atoms with Gasteiger partial charge in [-0.3, -0.25) is 0 Å². The highest BCUT2D eigenvalue weighted by molar-refractivity contribution is 6.21. The Morgan fingerprint density at radius 1 is 0.442 bits per heavy atom. The summed E-state index contributed by atoms with van der Waals surface area (Å²) in [6.07, 6.45) is 6.83. The smallest absolute Gasteiger partial charge is 0.0541 e. The number of aromatic nitrogens is 1. The van der Waals surface area contributed by atoms with E-state index in [1.54, 1.807) is 0 Å². The Balaban J connectivity index is 1.25. The first-order valence-electron chi connectivity index (χ1n) is 15.2. The molecule has 1 aliphatic carbocycles. The van der Waals surface area contributed by atoms with E-state index in [0.29, 0.717) is 0 Å². The van der Waals surface area contributed by atoms with Gasteiger partial charge in [0, 0.05) is 21.9 Å². The summed E-state index contributed by atoms with van der Waals surface area (Å²) >= 11 is 0. The molecule has 0 radical (unpaired) electrons. The molecule has 43 heavy (non-hydrogen) atoms. The van der Waals surface area contributed by atoms with Crippen molar-refractivity contribution >= 4 is 49.4 Å². The fraction of sp³-hybridized carbons (Fsp3) is 0.0476. The monoisotopic (exact) mass is 547 g/mol. The lowest BCUT2D eigenvalue weighted by atomic mass is 9.85. The first kappa shape index (κ1) is 24.2. The topological polar surface area (TPSA) is 15.8 Å². The lowest BCUT2D eigenvalue weighted by Gasteiger charge is -2.18. The van der Waals surface area contributed by atoms with Crippen molar-refractivity contribution in [2.75, 3.05) is 0 Å². The van der Waals surface area contributed by atoms with E-state index in [-0.39, 0.29) is 0 Å². The number of allylic oxidation sites excluding steroid dienone is 1. The second kappa shape index (κ2) is 9.58. The molecule has 0 fully saturated rings. The number of nitrogens with one attached hydrogen (secondary N) is 1. The van der Waals surface area contributed by atoms with Crippen LogP contribution in [-0.2, 0) is 6.42 Å². The van der Waals surface area contributed by atoms with Gasteiger partial charge in [-0.1, -0.05) is 127 Å². The van der Waals surface area contributed by atoms with Gasteiger partial charge in [0.1, 0.15) is 0 Å². The number of H-pyrrole nitrogens is 1. The van der Waals surface area contributed by atoms with Crippen LogP contribution in [0.15, 0.2) is 140 Å². The van der Waals surface area contributed by atoms with E-state index in [0.717, 1.165) is 12.8 Å². The molecule has 0 saturated heterocycles. The largest absolute Gasteiger partial charge is 0.354 e. The average Bonchev–Trinajstić information content (AvgIpc) is 3.46.